The van der Waals surface area contributed by atoms with Gasteiger partial charge in [0.15, 0.2) is 28.8 Å². The van der Waals surface area contributed by atoms with E-state index in [1.165, 1.54) is 7.11 Å². The molecule has 5 rings (SSSR count). The number of rotatable bonds is 9. The van der Waals surface area contributed by atoms with Crippen LogP contribution >= 0.6 is 15.9 Å². The van der Waals surface area contributed by atoms with Crippen molar-refractivity contribution in [2.24, 2.45) is 0 Å². The molecule has 0 saturated carbocycles. The van der Waals surface area contributed by atoms with Crippen LogP contribution in [0, 0.1) is 0 Å². The summed E-state index contributed by atoms with van der Waals surface area (Å²) in [5, 5.41) is 13.9. The standard InChI is InChI=1S/C34H34BrNO7/c1-19-30(34(39)43-13-12-20-8-6-5-7-9-20)31(23-14-24(35)33(38)29(18-23)42-4)32-25(36-19)15-22(16-26(32)37)21-10-11-27(40-2)28(17-21)41-3/h5-11,14,17-18,22,31,36,38H,12-13,15-16H2,1-4H3/t22-,31+/m1/s1. The third kappa shape index (κ3) is 6.13. The van der Waals surface area contributed by atoms with Gasteiger partial charge in [0.2, 0.25) is 0 Å². The van der Waals surface area contributed by atoms with Gasteiger partial charge in [0.1, 0.15) is 0 Å². The first-order valence-corrected chi connectivity index (χ1v) is 14.8. The number of allylic oxidation sites excluding steroid dienone is 3. The number of ether oxygens (including phenoxy) is 4. The highest BCUT2D eigenvalue weighted by atomic mass is 79.9. The van der Waals surface area contributed by atoms with Crippen LogP contribution < -0.4 is 19.5 Å². The number of aromatic hydroxyl groups is 1. The molecule has 8 nitrogen and oxygen atoms in total. The van der Waals surface area contributed by atoms with Crippen molar-refractivity contribution in [3.05, 3.63) is 104 Å². The number of benzene rings is 3. The Morgan fingerprint density at radius 3 is 2.33 bits per heavy atom. The molecule has 1 aliphatic carbocycles. The Hall–Kier alpha value is -4.24. The van der Waals surface area contributed by atoms with Gasteiger partial charge in [-0.2, -0.15) is 0 Å². The van der Waals surface area contributed by atoms with Crippen LogP contribution in [-0.4, -0.2) is 44.8 Å². The number of phenolic OH excluding ortho intramolecular Hbond substituents is 1. The number of carbonyl (C=O) groups is 2. The average Bonchev–Trinajstić information content (AvgIpc) is 3.01. The van der Waals surface area contributed by atoms with E-state index in [1.54, 1.807) is 26.4 Å². The number of nitrogens with one attached hydrogen (secondary N) is 1. The highest BCUT2D eigenvalue weighted by molar-refractivity contribution is 9.10. The molecule has 0 radical (unpaired) electrons. The molecule has 43 heavy (non-hydrogen) atoms. The zero-order valence-corrected chi connectivity index (χ0v) is 26.1. The molecule has 1 aliphatic heterocycles. The lowest BCUT2D eigenvalue weighted by atomic mass is 9.71. The van der Waals surface area contributed by atoms with Gasteiger partial charge in [0.25, 0.3) is 0 Å². The molecule has 0 fully saturated rings. The van der Waals surface area contributed by atoms with E-state index in [0.29, 0.717) is 51.2 Å². The Bertz CT molecular complexity index is 1610. The van der Waals surface area contributed by atoms with Crippen molar-refractivity contribution in [3.63, 3.8) is 0 Å². The molecule has 0 bridgehead atoms. The predicted molar refractivity (Wildman–Crippen MR) is 166 cm³/mol. The van der Waals surface area contributed by atoms with E-state index < -0.39 is 11.9 Å². The maximum atomic E-state index is 14.0. The van der Waals surface area contributed by atoms with Gasteiger partial charge in [0.05, 0.1) is 38.0 Å². The molecule has 0 amide bonds. The number of methoxy groups -OCH3 is 3. The van der Waals surface area contributed by atoms with E-state index in [4.69, 9.17) is 18.9 Å². The Morgan fingerprint density at radius 2 is 1.63 bits per heavy atom. The van der Waals surface area contributed by atoms with Crippen LogP contribution in [0.1, 0.15) is 48.3 Å². The Morgan fingerprint density at radius 1 is 0.930 bits per heavy atom. The van der Waals surface area contributed by atoms with Crippen LogP contribution in [0.2, 0.25) is 0 Å². The van der Waals surface area contributed by atoms with Gasteiger partial charge in [-0.3, -0.25) is 4.79 Å². The lowest BCUT2D eigenvalue weighted by molar-refractivity contribution is -0.139. The van der Waals surface area contributed by atoms with E-state index in [9.17, 15) is 14.7 Å². The molecular formula is C34H34BrNO7. The Balaban J connectivity index is 1.52. The van der Waals surface area contributed by atoms with Gasteiger partial charge in [0, 0.05) is 35.7 Å². The number of dihydropyridines is 1. The third-order valence-electron chi connectivity index (χ3n) is 8.00. The molecule has 0 aromatic heterocycles. The minimum atomic E-state index is -0.717. The summed E-state index contributed by atoms with van der Waals surface area (Å²) in [6.45, 7) is 2.01. The van der Waals surface area contributed by atoms with Crippen LogP contribution in [0.15, 0.2) is 87.7 Å². The maximum absolute atomic E-state index is 14.0. The van der Waals surface area contributed by atoms with E-state index in [0.717, 1.165) is 16.8 Å². The summed E-state index contributed by atoms with van der Waals surface area (Å²) in [6.07, 6.45) is 1.37. The molecule has 0 unspecified atom stereocenters. The first kappa shape index (κ1) is 30.2. The SMILES string of the molecule is COc1ccc([C@H]2CC(=O)C3=C(C2)NC(C)=C(C(=O)OCCc2ccccc2)[C@@H]3c2cc(Br)c(O)c(OC)c2)cc1OC. The zero-order valence-electron chi connectivity index (χ0n) is 24.5. The summed E-state index contributed by atoms with van der Waals surface area (Å²) in [5.41, 5.74) is 4.86. The summed E-state index contributed by atoms with van der Waals surface area (Å²) in [6, 6.07) is 18.9. The first-order chi connectivity index (χ1) is 20.7. The van der Waals surface area contributed by atoms with Crippen molar-refractivity contribution in [1.29, 1.82) is 0 Å². The van der Waals surface area contributed by atoms with Crippen molar-refractivity contribution in [2.45, 2.75) is 38.0 Å². The lowest BCUT2D eigenvalue weighted by Gasteiger charge is -2.37. The highest BCUT2D eigenvalue weighted by Gasteiger charge is 2.42. The molecule has 9 heteroatoms. The van der Waals surface area contributed by atoms with Gasteiger partial charge in [-0.25, -0.2) is 4.79 Å². The van der Waals surface area contributed by atoms with Crippen LogP contribution in [0.5, 0.6) is 23.0 Å². The number of hydrogen-bond acceptors (Lipinski definition) is 8. The Labute approximate surface area is 259 Å². The van der Waals surface area contributed by atoms with Gasteiger partial charge in [-0.05, 0) is 76.1 Å². The monoisotopic (exact) mass is 647 g/mol. The third-order valence-corrected chi connectivity index (χ3v) is 8.60. The fraction of sp³-hybridized carbons (Fsp3) is 0.294. The van der Waals surface area contributed by atoms with Crippen LogP contribution in [0.25, 0.3) is 0 Å². The second kappa shape index (κ2) is 13.0. The summed E-state index contributed by atoms with van der Waals surface area (Å²) in [5.74, 6) is -0.0297. The average molecular weight is 649 g/mol. The molecule has 0 saturated heterocycles. The molecule has 2 N–H and O–H groups in total. The molecule has 1 heterocycles. The van der Waals surface area contributed by atoms with Gasteiger partial charge in [-0.15, -0.1) is 0 Å². The predicted octanol–water partition coefficient (Wildman–Crippen LogP) is 6.33. The summed E-state index contributed by atoms with van der Waals surface area (Å²) < 4.78 is 22.5. The number of ketones is 1. The minimum absolute atomic E-state index is 0.0643. The second-order valence-electron chi connectivity index (χ2n) is 10.6. The Kier molecular flexibility index (Phi) is 9.11. The van der Waals surface area contributed by atoms with Gasteiger partial charge >= 0.3 is 5.97 Å². The molecule has 3 aromatic carbocycles. The summed E-state index contributed by atoms with van der Waals surface area (Å²) in [7, 11) is 4.62. The van der Waals surface area contributed by atoms with E-state index in [1.807, 2.05) is 55.5 Å². The fourth-order valence-electron chi connectivity index (χ4n) is 5.89. The van der Waals surface area contributed by atoms with Gasteiger partial charge < -0.3 is 29.4 Å². The summed E-state index contributed by atoms with van der Waals surface area (Å²) in [4.78, 5) is 27.7. The second-order valence-corrected chi connectivity index (χ2v) is 11.4. The number of hydrogen-bond donors (Lipinski definition) is 2. The van der Waals surface area contributed by atoms with E-state index in [-0.39, 0.29) is 36.2 Å². The lowest BCUT2D eigenvalue weighted by Crippen LogP contribution is -2.36. The normalized spacial score (nSPS) is 18.1. The van der Waals surface area contributed by atoms with E-state index in [2.05, 4.69) is 21.2 Å². The van der Waals surface area contributed by atoms with E-state index >= 15 is 0 Å². The van der Waals surface area contributed by atoms with Crippen LogP contribution in [0.3, 0.4) is 0 Å². The largest absolute Gasteiger partial charge is 0.503 e. The number of carbonyl (C=O) groups excluding carboxylic acids is 2. The van der Waals surface area contributed by atoms with Crippen LogP contribution in [0.4, 0.5) is 0 Å². The topological polar surface area (TPSA) is 103 Å². The fourth-order valence-corrected chi connectivity index (χ4v) is 6.35. The summed E-state index contributed by atoms with van der Waals surface area (Å²) >= 11 is 3.41. The smallest absolute Gasteiger partial charge is 0.336 e. The number of esters is 1. The number of halogens is 1. The molecular weight excluding hydrogens is 614 g/mol. The highest BCUT2D eigenvalue weighted by Crippen LogP contribution is 2.48. The number of phenols is 1. The van der Waals surface area contributed by atoms with Crippen molar-refractivity contribution in [3.8, 4) is 23.0 Å². The molecule has 0 spiro atoms. The first-order valence-electron chi connectivity index (χ1n) is 14.0. The quantitative estimate of drug-likeness (QED) is 0.260. The maximum Gasteiger partial charge on any atom is 0.336 e. The van der Waals surface area contributed by atoms with Crippen molar-refractivity contribution in [1.82, 2.24) is 5.32 Å². The molecule has 224 valence electrons. The van der Waals surface area contributed by atoms with Crippen LogP contribution in [-0.2, 0) is 20.7 Å². The molecule has 2 atom stereocenters. The molecule has 2 aliphatic rings. The van der Waals surface area contributed by atoms with Gasteiger partial charge in [-0.1, -0.05) is 36.4 Å². The van der Waals surface area contributed by atoms with Crippen molar-refractivity contribution >= 4 is 27.7 Å². The van der Waals surface area contributed by atoms with Crippen molar-refractivity contribution < 1.29 is 33.6 Å². The zero-order chi connectivity index (χ0) is 30.7. The molecule has 3 aromatic rings. The van der Waals surface area contributed by atoms with Crippen molar-refractivity contribution in [2.75, 3.05) is 27.9 Å². The number of Topliss-reactive ketones (excluding diaryl/α,β-unsaturated/α-hetero) is 1. The minimum Gasteiger partial charge on any atom is -0.503 e.